The molecule has 34 heavy (non-hydrogen) atoms. The second-order valence-corrected chi connectivity index (χ2v) is 9.54. The van der Waals surface area contributed by atoms with E-state index in [-0.39, 0.29) is 22.1 Å². The molecule has 8 nitrogen and oxygen atoms in total. The number of hydrogen-bond donors (Lipinski definition) is 1. The van der Waals surface area contributed by atoms with Crippen LogP contribution < -0.4 is 23.8 Å². The Hall–Kier alpha value is -3.72. The van der Waals surface area contributed by atoms with Crippen LogP contribution in [0, 0.1) is 0 Å². The summed E-state index contributed by atoms with van der Waals surface area (Å²) < 4.78 is 43.9. The zero-order valence-electron chi connectivity index (χ0n) is 19.2. The summed E-state index contributed by atoms with van der Waals surface area (Å²) in [5.74, 6) is 0.647. The van der Waals surface area contributed by atoms with Crippen LogP contribution in [0.3, 0.4) is 0 Å². The van der Waals surface area contributed by atoms with Crippen molar-refractivity contribution in [1.29, 1.82) is 0 Å². The van der Waals surface area contributed by atoms with Crippen LogP contribution in [0.25, 0.3) is 0 Å². The largest absolute Gasteiger partial charge is 0.493 e. The Morgan fingerprint density at radius 2 is 1.65 bits per heavy atom. The highest BCUT2D eigenvalue weighted by Gasteiger charge is 2.29. The molecule has 0 unspecified atom stereocenters. The fourth-order valence-electron chi connectivity index (χ4n) is 4.09. The number of amides is 1. The van der Waals surface area contributed by atoms with Crippen molar-refractivity contribution < 1.29 is 27.4 Å². The number of carbonyl (C=O) groups is 1. The summed E-state index contributed by atoms with van der Waals surface area (Å²) in [6.45, 7) is 0.402. The number of anilines is 2. The average molecular weight is 483 g/mol. The molecule has 0 aliphatic carbocycles. The van der Waals surface area contributed by atoms with Gasteiger partial charge in [-0.2, -0.15) is 0 Å². The molecule has 3 aromatic carbocycles. The van der Waals surface area contributed by atoms with Crippen molar-refractivity contribution >= 4 is 27.3 Å². The molecule has 1 N–H and O–H groups in total. The third-order valence-corrected chi connectivity index (χ3v) is 7.52. The van der Waals surface area contributed by atoms with Crippen molar-refractivity contribution in [3.8, 4) is 17.2 Å². The molecule has 0 aromatic heterocycles. The molecule has 1 aliphatic rings. The Labute approximate surface area is 199 Å². The second-order valence-electron chi connectivity index (χ2n) is 7.67. The number of benzene rings is 3. The minimum atomic E-state index is -3.67. The van der Waals surface area contributed by atoms with Gasteiger partial charge in [0.2, 0.25) is 5.75 Å². The first-order valence-electron chi connectivity index (χ1n) is 10.7. The van der Waals surface area contributed by atoms with Gasteiger partial charge in [-0.25, -0.2) is 8.42 Å². The fourth-order valence-corrected chi connectivity index (χ4v) is 5.65. The number of sulfonamides is 1. The van der Waals surface area contributed by atoms with Gasteiger partial charge < -0.3 is 19.5 Å². The third kappa shape index (κ3) is 4.26. The molecule has 3 aromatic rings. The summed E-state index contributed by atoms with van der Waals surface area (Å²) in [4.78, 5) is 13.3. The summed E-state index contributed by atoms with van der Waals surface area (Å²) in [7, 11) is 0.758. The molecule has 0 fully saturated rings. The van der Waals surface area contributed by atoms with Crippen LogP contribution in [0.1, 0.15) is 22.3 Å². The molecule has 0 saturated carbocycles. The zero-order valence-corrected chi connectivity index (χ0v) is 20.0. The van der Waals surface area contributed by atoms with Crippen molar-refractivity contribution in [1.82, 2.24) is 0 Å². The Kier molecular flexibility index (Phi) is 6.65. The van der Waals surface area contributed by atoms with E-state index in [1.165, 1.54) is 25.6 Å². The minimum absolute atomic E-state index is 0.251. The summed E-state index contributed by atoms with van der Waals surface area (Å²) in [5, 5.41) is 2.87. The predicted molar refractivity (Wildman–Crippen MR) is 130 cm³/mol. The highest BCUT2D eigenvalue weighted by Crippen LogP contribution is 2.40. The van der Waals surface area contributed by atoms with E-state index >= 15 is 0 Å². The van der Waals surface area contributed by atoms with Crippen LogP contribution in [0.15, 0.2) is 65.6 Å². The second kappa shape index (κ2) is 9.64. The molecule has 0 spiro atoms. The van der Waals surface area contributed by atoms with E-state index in [4.69, 9.17) is 14.2 Å². The highest BCUT2D eigenvalue weighted by atomic mass is 32.2. The Balaban J connectivity index is 1.63. The third-order valence-electron chi connectivity index (χ3n) is 5.69. The normalized spacial score (nSPS) is 13.1. The Morgan fingerprint density at radius 3 is 2.32 bits per heavy atom. The van der Waals surface area contributed by atoms with Crippen LogP contribution in [-0.2, 0) is 16.4 Å². The van der Waals surface area contributed by atoms with Crippen molar-refractivity contribution in [2.75, 3.05) is 37.5 Å². The predicted octanol–water partition coefficient (Wildman–Crippen LogP) is 4.11. The summed E-state index contributed by atoms with van der Waals surface area (Å²) >= 11 is 0. The smallest absolute Gasteiger partial charge is 0.264 e. The standard InChI is InChI=1S/C25H26N2O6S/c1-31-22-14-12-20(23(32-2)24(22)33-3)25(28)26-18-11-13-21-17(16-18)8-7-15-27(21)34(29,30)19-9-5-4-6-10-19/h4-6,9-14,16H,7-8,15H2,1-3H3,(H,26,28). The maximum absolute atomic E-state index is 13.2. The number of methoxy groups -OCH3 is 3. The number of nitrogens with one attached hydrogen (secondary N) is 1. The van der Waals surface area contributed by atoms with Crippen molar-refractivity contribution in [2.45, 2.75) is 17.7 Å². The summed E-state index contributed by atoms with van der Waals surface area (Å²) in [6, 6.07) is 16.9. The number of carbonyl (C=O) groups excluding carboxylic acids is 1. The van der Waals surface area contributed by atoms with E-state index in [0.717, 1.165) is 5.56 Å². The lowest BCUT2D eigenvalue weighted by molar-refractivity contribution is 0.102. The molecule has 0 radical (unpaired) electrons. The topological polar surface area (TPSA) is 94.2 Å². The van der Waals surface area contributed by atoms with Gasteiger partial charge >= 0.3 is 0 Å². The van der Waals surface area contributed by atoms with Crippen LogP contribution in [-0.4, -0.2) is 42.2 Å². The molecule has 0 bridgehead atoms. The lowest BCUT2D eigenvalue weighted by Crippen LogP contribution is -2.35. The van der Waals surface area contributed by atoms with Crippen molar-refractivity contribution in [3.05, 3.63) is 71.8 Å². The number of hydrogen-bond acceptors (Lipinski definition) is 6. The monoisotopic (exact) mass is 482 g/mol. The number of aryl methyl sites for hydroxylation is 1. The van der Waals surface area contributed by atoms with Gasteiger partial charge in [0, 0.05) is 12.2 Å². The van der Waals surface area contributed by atoms with E-state index in [0.29, 0.717) is 42.3 Å². The Bertz CT molecular complexity index is 1310. The molecule has 9 heteroatoms. The molecular formula is C25H26N2O6S. The molecule has 0 atom stereocenters. The first kappa shape index (κ1) is 23.4. The highest BCUT2D eigenvalue weighted by molar-refractivity contribution is 7.92. The molecular weight excluding hydrogens is 456 g/mol. The molecule has 4 rings (SSSR count). The Morgan fingerprint density at radius 1 is 0.912 bits per heavy atom. The van der Waals surface area contributed by atoms with E-state index in [1.807, 2.05) is 6.07 Å². The van der Waals surface area contributed by atoms with Crippen molar-refractivity contribution in [2.24, 2.45) is 0 Å². The van der Waals surface area contributed by atoms with Crippen LogP contribution in [0.2, 0.25) is 0 Å². The van der Waals surface area contributed by atoms with E-state index in [9.17, 15) is 13.2 Å². The quantitative estimate of drug-likeness (QED) is 0.545. The van der Waals surface area contributed by atoms with Gasteiger partial charge in [0.1, 0.15) is 0 Å². The molecule has 1 amide bonds. The molecule has 1 aliphatic heterocycles. The van der Waals surface area contributed by atoms with Crippen molar-refractivity contribution in [3.63, 3.8) is 0 Å². The zero-order chi connectivity index (χ0) is 24.3. The summed E-state index contributed by atoms with van der Waals surface area (Å²) in [6.07, 6.45) is 1.39. The number of nitrogens with zero attached hydrogens (tertiary/aromatic N) is 1. The number of fused-ring (bicyclic) bond motifs is 1. The lowest BCUT2D eigenvalue weighted by Gasteiger charge is -2.31. The van der Waals surface area contributed by atoms with E-state index < -0.39 is 10.0 Å². The number of ether oxygens (including phenoxy) is 3. The SMILES string of the molecule is COc1ccc(C(=O)Nc2ccc3c(c2)CCCN3S(=O)(=O)c2ccccc2)c(OC)c1OC. The molecule has 178 valence electrons. The maximum atomic E-state index is 13.2. The fraction of sp³-hybridized carbons (Fsp3) is 0.240. The van der Waals surface area contributed by atoms with Gasteiger partial charge in [-0.1, -0.05) is 18.2 Å². The first-order valence-corrected chi connectivity index (χ1v) is 12.2. The number of rotatable bonds is 7. The summed E-state index contributed by atoms with van der Waals surface area (Å²) in [5.41, 5.74) is 2.31. The van der Waals surface area contributed by atoms with E-state index in [2.05, 4.69) is 5.32 Å². The minimum Gasteiger partial charge on any atom is -0.493 e. The van der Waals surface area contributed by atoms with Gasteiger partial charge in [0.15, 0.2) is 11.5 Å². The molecule has 0 saturated heterocycles. The van der Waals surface area contributed by atoms with Gasteiger partial charge in [0.05, 0.1) is 37.5 Å². The first-order chi connectivity index (χ1) is 16.4. The van der Waals surface area contributed by atoms with Gasteiger partial charge in [-0.05, 0) is 60.9 Å². The van der Waals surface area contributed by atoms with Crippen LogP contribution >= 0.6 is 0 Å². The lowest BCUT2D eigenvalue weighted by atomic mass is 10.0. The van der Waals surface area contributed by atoms with Gasteiger partial charge in [0.25, 0.3) is 15.9 Å². The van der Waals surface area contributed by atoms with Gasteiger partial charge in [-0.3, -0.25) is 9.10 Å². The van der Waals surface area contributed by atoms with E-state index in [1.54, 1.807) is 54.6 Å². The maximum Gasteiger partial charge on any atom is 0.264 e. The average Bonchev–Trinajstić information content (AvgIpc) is 2.87. The molecule has 1 heterocycles. The van der Waals surface area contributed by atoms with Crippen LogP contribution in [0.5, 0.6) is 17.2 Å². The van der Waals surface area contributed by atoms with Gasteiger partial charge in [-0.15, -0.1) is 0 Å². The van der Waals surface area contributed by atoms with Crippen LogP contribution in [0.4, 0.5) is 11.4 Å².